The van der Waals surface area contributed by atoms with Gasteiger partial charge in [0.1, 0.15) is 6.10 Å². The Hall–Kier alpha value is -2.27. The number of carbonyl (C=O) groups excluding carboxylic acids is 3. The highest BCUT2D eigenvalue weighted by Crippen LogP contribution is 2.15. The predicted octanol–water partition coefficient (Wildman–Crippen LogP) is 1.59. The molecule has 0 fully saturated rings. The molecule has 10 nitrogen and oxygen atoms in total. The van der Waals surface area contributed by atoms with Crippen molar-refractivity contribution in [2.75, 3.05) is 65.9 Å². The van der Waals surface area contributed by atoms with Gasteiger partial charge in [0.15, 0.2) is 0 Å². The zero-order valence-corrected chi connectivity index (χ0v) is 19.2. The Morgan fingerprint density at radius 2 is 1.39 bits per heavy atom. The number of nitrogens with zero attached hydrogens (tertiary/aromatic N) is 1. The Kier molecular flexibility index (Phi) is 14.1. The van der Waals surface area contributed by atoms with Crippen LogP contribution >= 0.6 is 0 Å². The van der Waals surface area contributed by atoms with E-state index in [1.807, 2.05) is 0 Å². The summed E-state index contributed by atoms with van der Waals surface area (Å²) in [5.74, 6) is -0.615. The van der Waals surface area contributed by atoms with Crippen LogP contribution in [0, 0.1) is 0 Å². The van der Waals surface area contributed by atoms with E-state index in [1.54, 1.807) is 0 Å². The van der Waals surface area contributed by atoms with Gasteiger partial charge in [0.2, 0.25) is 0 Å². The SMILES string of the molecule is O=C(NCCOCCOCCOCCOCCN1C(=O)C=CC1=O)OC1CC/C=C\CCC1. The van der Waals surface area contributed by atoms with Crippen molar-refractivity contribution in [3.8, 4) is 0 Å². The number of hydrogen-bond acceptors (Lipinski definition) is 8. The Balaban J connectivity index is 1.29. The number of imide groups is 1. The molecule has 0 bridgehead atoms. The number of carbonyl (C=O) groups is 3. The average Bonchev–Trinajstić information content (AvgIpc) is 3.10. The summed E-state index contributed by atoms with van der Waals surface area (Å²) in [6, 6.07) is 0. The molecule has 1 heterocycles. The van der Waals surface area contributed by atoms with E-state index < -0.39 is 0 Å². The molecule has 0 radical (unpaired) electrons. The van der Waals surface area contributed by atoms with Crippen LogP contribution in [0.3, 0.4) is 0 Å². The fraction of sp³-hybridized carbons (Fsp3) is 0.696. The number of nitrogens with one attached hydrogen (secondary N) is 1. The summed E-state index contributed by atoms with van der Waals surface area (Å²) in [5, 5.41) is 2.71. The number of rotatable bonds is 16. The van der Waals surface area contributed by atoms with Crippen molar-refractivity contribution in [1.29, 1.82) is 0 Å². The zero-order chi connectivity index (χ0) is 23.6. The van der Waals surface area contributed by atoms with Crippen molar-refractivity contribution in [2.45, 2.75) is 38.2 Å². The molecule has 10 heteroatoms. The number of allylic oxidation sites excluding steroid dienone is 2. The quantitative estimate of drug-likeness (QED) is 0.206. The minimum Gasteiger partial charge on any atom is -0.446 e. The summed E-state index contributed by atoms with van der Waals surface area (Å²) in [4.78, 5) is 35.7. The molecule has 0 aromatic rings. The van der Waals surface area contributed by atoms with Crippen LogP contribution in [0.1, 0.15) is 32.1 Å². The second-order valence-electron chi connectivity index (χ2n) is 7.54. The lowest BCUT2D eigenvalue weighted by atomic mass is 10.0. The molecule has 186 valence electrons. The van der Waals surface area contributed by atoms with E-state index in [4.69, 9.17) is 23.7 Å². The van der Waals surface area contributed by atoms with E-state index in [0.29, 0.717) is 52.8 Å². The van der Waals surface area contributed by atoms with Crippen LogP contribution in [0.25, 0.3) is 0 Å². The molecular weight excluding hydrogens is 432 g/mol. The molecular formula is C23H36N2O8. The van der Waals surface area contributed by atoms with Crippen molar-refractivity contribution in [3.63, 3.8) is 0 Å². The molecule has 0 saturated carbocycles. The molecule has 1 aliphatic heterocycles. The van der Waals surface area contributed by atoms with E-state index in [2.05, 4.69) is 17.5 Å². The minimum absolute atomic E-state index is 0.0122. The van der Waals surface area contributed by atoms with E-state index in [-0.39, 0.29) is 37.2 Å². The fourth-order valence-electron chi connectivity index (χ4n) is 3.23. The third-order valence-electron chi connectivity index (χ3n) is 4.98. The number of alkyl carbamates (subject to hydrolysis) is 1. The summed E-state index contributed by atoms with van der Waals surface area (Å²) < 4.78 is 27.0. The monoisotopic (exact) mass is 468 g/mol. The highest BCUT2D eigenvalue weighted by Gasteiger charge is 2.22. The molecule has 0 aromatic carbocycles. The second kappa shape index (κ2) is 17.2. The van der Waals surface area contributed by atoms with Gasteiger partial charge in [0.25, 0.3) is 11.8 Å². The Bertz CT molecular complexity index is 634. The summed E-state index contributed by atoms with van der Waals surface area (Å²) in [5.41, 5.74) is 0. The number of hydrogen-bond donors (Lipinski definition) is 1. The summed E-state index contributed by atoms with van der Waals surface area (Å²) in [6.45, 7) is 3.82. The lowest BCUT2D eigenvalue weighted by Crippen LogP contribution is -2.33. The van der Waals surface area contributed by atoms with Crippen molar-refractivity contribution < 1.29 is 38.1 Å². The van der Waals surface area contributed by atoms with Crippen LogP contribution in [-0.2, 0) is 33.3 Å². The molecule has 2 rings (SSSR count). The van der Waals surface area contributed by atoms with Gasteiger partial charge in [-0.25, -0.2) is 4.79 Å². The Morgan fingerprint density at radius 3 is 2.06 bits per heavy atom. The fourth-order valence-corrected chi connectivity index (χ4v) is 3.23. The van der Waals surface area contributed by atoms with Gasteiger partial charge < -0.3 is 29.0 Å². The molecule has 0 saturated heterocycles. The van der Waals surface area contributed by atoms with Gasteiger partial charge in [-0.05, 0) is 32.1 Å². The van der Waals surface area contributed by atoms with Crippen LogP contribution in [0.2, 0.25) is 0 Å². The maximum atomic E-state index is 11.8. The molecule has 0 aromatic heterocycles. The molecule has 1 unspecified atom stereocenters. The van der Waals surface area contributed by atoms with E-state index in [9.17, 15) is 14.4 Å². The van der Waals surface area contributed by atoms with E-state index >= 15 is 0 Å². The highest BCUT2D eigenvalue weighted by molar-refractivity contribution is 6.12. The first-order chi connectivity index (χ1) is 16.2. The normalized spacial score (nSPS) is 19.4. The Morgan fingerprint density at radius 1 is 0.818 bits per heavy atom. The Labute approximate surface area is 195 Å². The largest absolute Gasteiger partial charge is 0.446 e. The standard InChI is InChI=1S/C23H36N2O8/c26-21-8-9-22(27)25(21)11-13-30-15-17-32-19-18-31-16-14-29-12-10-24-23(28)33-20-6-4-2-1-3-5-7-20/h1-2,8-9,20H,3-7,10-19H2,(H,24,28)/b2-1-. The summed E-state index contributed by atoms with van der Waals surface area (Å²) in [7, 11) is 0. The molecule has 33 heavy (non-hydrogen) atoms. The third kappa shape index (κ3) is 12.5. The van der Waals surface area contributed by atoms with Crippen LogP contribution in [0.15, 0.2) is 24.3 Å². The van der Waals surface area contributed by atoms with E-state index in [0.717, 1.165) is 37.0 Å². The molecule has 1 atom stereocenters. The lowest BCUT2D eigenvalue weighted by Gasteiger charge is -2.18. The molecule has 0 spiro atoms. The van der Waals surface area contributed by atoms with Crippen molar-refractivity contribution in [3.05, 3.63) is 24.3 Å². The maximum Gasteiger partial charge on any atom is 0.407 e. The van der Waals surface area contributed by atoms with Gasteiger partial charge in [-0.1, -0.05) is 12.2 Å². The molecule has 1 N–H and O–H groups in total. The molecule has 3 amide bonds. The van der Waals surface area contributed by atoms with Gasteiger partial charge in [-0.2, -0.15) is 0 Å². The van der Waals surface area contributed by atoms with Crippen LogP contribution in [0.5, 0.6) is 0 Å². The first-order valence-electron chi connectivity index (χ1n) is 11.6. The predicted molar refractivity (Wildman–Crippen MR) is 120 cm³/mol. The topological polar surface area (TPSA) is 113 Å². The highest BCUT2D eigenvalue weighted by atomic mass is 16.6. The smallest absolute Gasteiger partial charge is 0.407 e. The van der Waals surface area contributed by atoms with Crippen LogP contribution in [-0.4, -0.2) is 94.9 Å². The second-order valence-corrected chi connectivity index (χ2v) is 7.54. The van der Waals surface area contributed by atoms with Crippen molar-refractivity contribution in [1.82, 2.24) is 10.2 Å². The molecule has 1 aliphatic carbocycles. The van der Waals surface area contributed by atoms with Crippen LogP contribution in [0.4, 0.5) is 4.79 Å². The van der Waals surface area contributed by atoms with Crippen molar-refractivity contribution in [2.24, 2.45) is 0 Å². The summed E-state index contributed by atoms with van der Waals surface area (Å²) >= 11 is 0. The van der Waals surface area contributed by atoms with Gasteiger partial charge in [-0.15, -0.1) is 0 Å². The zero-order valence-electron chi connectivity index (χ0n) is 19.2. The van der Waals surface area contributed by atoms with Gasteiger partial charge in [0.05, 0.1) is 59.4 Å². The van der Waals surface area contributed by atoms with Crippen molar-refractivity contribution >= 4 is 17.9 Å². The van der Waals surface area contributed by atoms with Gasteiger partial charge >= 0.3 is 6.09 Å². The van der Waals surface area contributed by atoms with Gasteiger partial charge in [-0.3, -0.25) is 14.5 Å². The minimum atomic E-state index is -0.388. The number of ether oxygens (including phenoxy) is 5. The lowest BCUT2D eigenvalue weighted by molar-refractivity contribution is -0.137. The average molecular weight is 469 g/mol. The van der Waals surface area contributed by atoms with E-state index in [1.165, 1.54) is 12.2 Å². The first kappa shape index (κ1) is 27.0. The number of amides is 3. The first-order valence-corrected chi connectivity index (χ1v) is 11.6. The summed E-state index contributed by atoms with van der Waals surface area (Å²) in [6.07, 6.45) is 11.2. The van der Waals surface area contributed by atoms with Gasteiger partial charge in [0, 0.05) is 18.7 Å². The van der Waals surface area contributed by atoms with Crippen LogP contribution < -0.4 is 5.32 Å². The third-order valence-corrected chi connectivity index (χ3v) is 4.98. The maximum absolute atomic E-state index is 11.8. The molecule has 2 aliphatic rings.